The number of nitrogens with one attached hydrogen (secondary N) is 1. The monoisotopic (exact) mass is 286 g/mol. The summed E-state index contributed by atoms with van der Waals surface area (Å²) in [4.78, 5) is 16.7. The number of nitriles is 1. The maximum atomic E-state index is 11.9. The maximum Gasteiger partial charge on any atom is 0.225 e. The van der Waals surface area contributed by atoms with Crippen molar-refractivity contribution >= 4 is 11.6 Å². The van der Waals surface area contributed by atoms with Crippen LogP contribution in [0.15, 0.2) is 24.3 Å². The minimum Gasteiger partial charge on any atom is -0.326 e. The first kappa shape index (κ1) is 15.5. The topological polar surface area (TPSA) is 59.4 Å². The zero-order valence-corrected chi connectivity index (χ0v) is 12.5. The highest BCUT2D eigenvalue weighted by Gasteiger charge is 2.15. The van der Waals surface area contributed by atoms with Crippen LogP contribution in [0.2, 0.25) is 0 Å². The fraction of sp³-hybridized carbons (Fsp3) is 0.500. The smallest absolute Gasteiger partial charge is 0.225 e. The number of carbonyl (C=O) groups is 1. The van der Waals surface area contributed by atoms with Gasteiger partial charge in [-0.05, 0) is 30.8 Å². The Morgan fingerprint density at radius 2 is 1.81 bits per heavy atom. The second-order valence-corrected chi connectivity index (χ2v) is 5.26. The van der Waals surface area contributed by atoms with Gasteiger partial charge >= 0.3 is 0 Å². The van der Waals surface area contributed by atoms with E-state index in [1.807, 2.05) is 0 Å². The lowest BCUT2D eigenvalue weighted by molar-refractivity contribution is -0.116. The van der Waals surface area contributed by atoms with Crippen LogP contribution in [0.3, 0.4) is 0 Å². The van der Waals surface area contributed by atoms with Crippen LogP contribution in [-0.2, 0) is 4.79 Å². The molecular formula is C16H22N4O. The van der Waals surface area contributed by atoms with Gasteiger partial charge in [0.2, 0.25) is 5.91 Å². The Hall–Kier alpha value is -1.90. The molecule has 2 rings (SSSR count). The van der Waals surface area contributed by atoms with Gasteiger partial charge in [0, 0.05) is 44.8 Å². The third-order valence-corrected chi connectivity index (χ3v) is 3.86. The van der Waals surface area contributed by atoms with Crippen LogP contribution in [-0.4, -0.2) is 55.0 Å². The predicted octanol–water partition coefficient (Wildman–Crippen LogP) is 1.52. The standard InChI is InChI=1S/C16H22N4O/c1-2-19-9-11-20(12-10-19)8-7-16(21)18-15-5-3-14(13-17)4-6-15/h3-6H,2,7-12H2,1H3,(H,18,21). The fourth-order valence-electron chi connectivity index (χ4n) is 2.44. The highest BCUT2D eigenvalue weighted by Crippen LogP contribution is 2.09. The number of piperazine rings is 1. The minimum atomic E-state index is 0.0256. The SMILES string of the molecule is CCN1CCN(CCC(=O)Nc2ccc(C#N)cc2)CC1. The third kappa shape index (κ3) is 4.85. The molecule has 0 radical (unpaired) electrons. The first-order valence-corrected chi connectivity index (χ1v) is 7.46. The molecule has 0 aromatic heterocycles. The van der Waals surface area contributed by atoms with Gasteiger partial charge in [-0.1, -0.05) is 6.92 Å². The Kier molecular flexibility index (Phi) is 5.73. The molecule has 0 aliphatic carbocycles. The summed E-state index contributed by atoms with van der Waals surface area (Å²) in [7, 11) is 0. The van der Waals surface area contributed by atoms with E-state index in [4.69, 9.17) is 5.26 Å². The first-order chi connectivity index (χ1) is 10.2. The third-order valence-electron chi connectivity index (χ3n) is 3.86. The lowest BCUT2D eigenvalue weighted by Crippen LogP contribution is -2.46. The summed E-state index contributed by atoms with van der Waals surface area (Å²) < 4.78 is 0. The van der Waals surface area contributed by atoms with Crippen LogP contribution in [0.25, 0.3) is 0 Å². The van der Waals surface area contributed by atoms with E-state index >= 15 is 0 Å². The average Bonchev–Trinajstić information content (AvgIpc) is 2.54. The number of rotatable bonds is 5. The Bertz CT molecular complexity index is 498. The highest BCUT2D eigenvalue weighted by atomic mass is 16.1. The Balaban J connectivity index is 1.71. The Morgan fingerprint density at radius 1 is 1.19 bits per heavy atom. The molecule has 0 spiro atoms. The molecule has 0 atom stereocenters. The highest BCUT2D eigenvalue weighted by molar-refractivity contribution is 5.90. The predicted molar refractivity (Wildman–Crippen MR) is 83.0 cm³/mol. The Labute approximate surface area is 126 Å². The number of carbonyl (C=O) groups excluding carboxylic acids is 1. The number of amides is 1. The molecule has 1 aliphatic rings. The Morgan fingerprint density at radius 3 is 2.38 bits per heavy atom. The second kappa shape index (κ2) is 7.77. The lowest BCUT2D eigenvalue weighted by atomic mass is 10.2. The van der Waals surface area contributed by atoms with Gasteiger partial charge in [-0.3, -0.25) is 4.79 Å². The van der Waals surface area contributed by atoms with Crippen molar-refractivity contribution in [1.82, 2.24) is 9.80 Å². The number of likely N-dealkylation sites (N-methyl/N-ethyl adjacent to an activating group) is 1. The van der Waals surface area contributed by atoms with Crippen molar-refractivity contribution < 1.29 is 4.79 Å². The fourth-order valence-corrected chi connectivity index (χ4v) is 2.44. The second-order valence-electron chi connectivity index (χ2n) is 5.26. The molecule has 1 amide bonds. The van der Waals surface area contributed by atoms with Gasteiger partial charge < -0.3 is 15.1 Å². The van der Waals surface area contributed by atoms with Crippen LogP contribution in [0.4, 0.5) is 5.69 Å². The van der Waals surface area contributed by atoms with Crippen LogP contribution in [0, 0.1) is 11.3 Å². The summed E-state index contributed by atoms with van der Waals surface area (Å²) in [5, 5.41) is 11.6. The van der Waals surface area contributed by atoms with Crippen molar-refractivity contribution in [2.75, 3.05) is 44.6 Å². The lowest BCUT2D eigenvalue weighted by Gasteiger charge is -2.33. The molecule has 5 heteroatoms. The molecule has 1 N–H and O–H groups in total. The van der Waals surface area contributed by atoms with Crippen molar-refractivity contribution in [3.63, 3.8) is 0 Å². The molecule has 0 unspecified atom stereocenters. The van der Waals surface area contributed by atoms with Crippen LogP contribution in [0.5, 0.6) is 0 Å². The van der Waals surface area contributed by atoms with Gasteiger partial charge in [0.25, 0.3) is 0 Å². The van der Waals surface area contributed by atoms with Gasteiger partial charge in [-0.2, -0.15) is 5.26 Å². The minimum absolute atomic E-state index is 0.0256. The molecule has 112 valence electrons. The molecule has 1 heterocycles. The normalized spacial score (nSPS) is 16.4. The molecular weight excluding hydrogens is 264 g/mol. The summed E-state index contributed by atoms with van der Waals surface area (Å²) in [5.74, 6) is 0.0256. The molecule has 1 aliphatic heterocycles. The summed E-state index contributed by atoms with van der Waals surface area (Å²) in [6, 6.07) is 9.00. The molecule has 0 saturated carbocycles. The van der Waals surface area contributed by atoms with Crippen LogP contribution >= 0.6 is 0 Å². The zero-order chi connectivity index (χ0) is 15.1. The molecule has 1 saturated heterocycles. The molecule has 21 heavy (non-hydrogen) atoms. The van der Waals surface area contributed by atoms with Gasteiger partial charge in [0.15, 0.2) is 0 Å². The molecule has 5 nitrogen and oxygen atoms in total. The van der Waals surface area contributed by atoms with Crippen LogP contribution in [0.1, 0.15) is 18.9 Å². The van der Waals surface area contributed by atoms with E-state index in [1.54, 1.807) is 24.3 Å². The summed E-state index contributed by atoms with van der Waals surface area (Å²) in [5.41, 5.74) is 1.34. The van der Waals surface area contributed by atoms with Crippen molar-refractivity contribution in [3.8, 4) is 6.07 Å². The van der Waals surface area contributed by atoms with Crippen molar-refractivity contribution in [1.29, 1.82) is 5.26 Å². The number of nitrogens with zero attached hydrogens (tertiary/aromatic N) is 3. The van der Waals surface area contributed by atoms with Gasteiger partial charge in [-0.15, -0.1) is 0 Å². The quantitative estimate of drug-likeness (QED) is 0.891. The van der Waals surface area contributed by atoms with Crippen LogP contribution < -0.4 is 5.32 Å². The average molecular weight is 286 g/mol. The summed E-state index contributed by atoms with van der Waals surface area (Å²) >= 11 is 0. The number of anilines is 1. The molecule has 1 aromatic rings. The van der Waals surface area contributed by atoms with E-state index < -0.39 is 0 Å². The summed E-state index contributed by atoms with van der Waals surface area (Å²) in [6.45, 7) is 8.35. The van der Waals surface area contributed by atoms with Gasteiger partial charge in [0.05, 0.1) is 11.6 Å². The largest absolute Gasteiger partial charge is 0.326 e. The van der Waals surface area contributed by atoms with Gasteiger partial charge in [0.1, 0.15) is 0 Å². The summed E-state index contributed by atoms with van der Waals surface area (Å²) in [6.07, 6.45) is 0.506. The first-order valence-electron chi connectivity index (χ1n) is 7.46. The van der Waals surface area contributed by atoms with Crippen molar-refractivity contribution in [3.05, 3.63) is 29.8 Å². The number of hydrogen-bond donors (Lipinski definition) is 1. The zero-order valence-electron chi connectivity index (χ0n) is 12.5. The maximum absolute atomic E-state index is 11.9. The van der Waals surface area contributed by atoms with Crippen molar-refractivity contribution in [2.24, 2.45) is 0 Å². The van der Waals surface area contributed by atoms with E-state index in [0.29, 0.717) is 12.0 Å². The number of benzene rings is 1. The number of hydrogen-bond acceptors (Lipinski definition) is 4. The van der Waals surface area contributed by atoms with E-state index in [0.717, 1.165) is 45.0 Å². The molecule has 0 bridgehead atoms. The molecule has 1 aromatic carbocycles. The van der Waals surface area contributed by atoms with E-state index in [-0.39, 0.29) is 5.91 Å². The van der Waals surface area contributed by atoms with E-state index in [1.165, 1.54) is 0 Å². The van der Waals surface area contributed by atoms with Crippen molar-refractivity contribution in [2.45, 2.75) is 13.3 Å². The van der Waals surface area contributed by atoms with E-state index in [9.17, 15) is 4.79 Å². The van der Waals surface area contributed by atoms with Gasteiger partial charge in [-0.25, -0.2) is 0 Å². The molecule has 1 fully saturated rings. The van der Waals surface area contributed by atoms with E-state index in [2.05, 4.69) is 28.1 Å².